The van der Waals surface area contributed by atoms with Gasteiger partial charge in [-0.15, -0.1) is 0 Å². The van der Waals surface area contributed by atoms with Gasteiger partial charge in [0, 0.05) is 6.04 Å². The molecule has 0 amide bonds. The van der Waals surface area contributed by atoms with E-state index >= 15 is 0 Å². The number of rotatable bonds is 1. The predicted octanol–water partition coefficient (Wildman–Crippen LogP) is 0.638. The first kappa shape index (κ1) is 5.69. The molecule has 0 spiro atoms. The predicted molar refractivity (Wildman–Crippen MR) is 36.6 cm³/mol. The number of nitrogens with one attached hydrogen (secondary N) is 1. The lowest BCUT2D eigenvalue weighted by Gasteiger charge is -2.19. The van der Waals surface area contributed by atoms with Crippen LogP contribution in [0.25, 0.3) is 0 Å². The molecule has 0 aliphatic heterocycles. The van der Waals surface area contributed by atoms with Crippen LogP contribution in [-0.4, -0.2) is 6.04 Å². The Morgan fingerprint density at radius 3 is 2.89 bits per heavy atom. The summed E-state index contributed by atoms with van der Waals surface area (Å²) in [6.45, 7) is 0. The second kappa shape index (κ2) is 1.96. The molecule has 0 saturated heterocycles. The Hall–Kier alpha value is -0.0800. The molecule has 2 aliphatic rings. The Bertz CT molecular complexity index is 113. The summed E-state index contributed by atoms with van der Waals surface area (Å²) in [5.74, 6) is 7.36. The van der Waals surface area contributed by atoms with Crippen LogP contribution in [0.15, 0.2) is 0 Å². The maximum absolute atomic E-state index is 5.37. The van der Waals surface area contributed by atoms with E-state index in [0.717, 1.165) is 11.8 Å². The van der Waals surface area contributed by atoms with Crippen molar-refractivity contribution in [2.45, 2.75) is 31.7 Å². The highest BCUT2D eigenvalue weighted by Gasteiger charge is 2.44. The zero-order chi connectivity index (χ0) is 6.27. The molecule has 2 nitrogen and oxygen atoms in total. The summed E-state index contributed by atoms with van der Waals surface area (Å²) in [5, 5.41) is 0. The number of fused-ring (bicyclic) bond motifs is 1. The molecule has 3 atom stereocenters. The normalized spacial score (nSPS) is 48.3. The van der Waals surface area contributed by atoms with Crippen molar-refractivity contribution in [1.29, 1.82) is 0 Å². The summed E-state index contributed by atoms with van der Waals surface area (Å²) in [5.41, 5.74) is 2.90. The summed E-state index contributed by atoms with van der Waals surface area (Å²) >= 11 is 0. The van der Waals surface area contributed by atoms with Crippen molar-refractivity contribution in [2.24, 2.45) is 17.7 Å². The summed E-state index contributed by atoms with van der Waals surface area (Å²) < 4.78 is 0. The third-order valence-corrected chi connectivity index (χ3v) is 2.80. The molecular formula is C7H14N2. The van der Waals surface area contributed by atoms with Crippen molar-refractivity contribution in [3.05, 3.63) is 0 Å². The van der Waals surface area contributed by atoms with Crippen LogP contribution in [0.2, 0.25) is 0 Å². The molecule has 2 heteroatoms. The summed E-state index contributed by atoms with van der Waals surface area (Å²) in [6, 6.07) is 0.656. The molecule has 3 N–H and O–H groups in total. The van der Waals surface area contributed by atoms with Gasteiger partial charge in [-0.25, -0.2) is 0 Å². The Kier molecular flexibility index (Phi) is 1.24. The number of hydrogen-bond acceptors (Lipinski definition) is 2. The van der Waals surface area contributed by atoms with E-state index in [2.05, 4.69) is 5.43 Å². The Morgan fingerprint density at radius 2 is 2.22 bits per heavy atom. The van der Waals surface area contributed by atoms with E-state index in [1.165, 1.54) is 25.7 Å². The highest BCUT2D eigenvalue weighted by molar-refractivity contribution is 4.97. The lowest BCUT2D eigenvalue weighted by molar-refractivity contribution is 0.359. The van der Waals surface area contributed by atoms with Gasteiger partial charge in [-0.05, 0) is 24.7 Å². The van der Waals surface area contributed by atoms with Gasteiger partial charge in [0.25, 0.3) is 0 Å². The topological polar surface area (TPSA) is 38.0 Å². The van der Waals surface area contributed by atoms with Crippen molar-refractivity contribution < 1.29 is 0 Å². The first-order valence-corrected chi connectivity index (χ1v) is 3.88. The zero-order valence-corrected chi connectivity index (χ0v) is 5.64. The highest BCUT2D eigenvalue weighted by atomic mass is 15.2. The van der Waals surface area contributed by atoms with Gasteiger partial charge in [0.15, 0.2) is 0 Å². The summed E-state index contributed by atoms with van der Waals surface area (Å²) in [7, 11) is 0. The van der Waals surface area contributed by atoms with Gasteiger partial charge < -0.3 is 0 Å². The maximum Gasteiger partial charge on any atom is 0.0241 e. The second-order valence-corrected chi connectivity index (χ2v) is 3.36. The van der Waals surface area contributed by atoms with E-state index < -0.39 is 0 Å². The first-order valence-electron chi connectivity index (χ1n) is 3.88. The van der Waals surface area contributed by atoms with Gasteiger partial charge in [-0.1, -0.05) is 12.8 Å². The van der Waals surface area contributed by atoms with Crippen molar-refractivity contribution in [3.8, 4) is 0 Å². The third-order valence-electron chi connectivity index (χ3n) is 2.80. The van der Waals surface area contributed by atoms with Crippen molar-refractivity contribution in [2.75, 3.05) is 0 Å². The number of hydrazine groups is 1. The molecule has 2 aliphatic carbocycles. The lowest BCUT2D eigenvalue weighted by Crippen LogP contribution is -2.38. The lowest BCUT2D eigenvalue weighted by atomic mass is 9.96. The van der Waals surface area contributed by atoms with Gasteiger partial charge in [0.2, 0.25) is 0 Å². The molecule has 0 heterocycles. The van der Waals surface area contributed by atoms with Gasteiger partial charge in [0.1, 0.15) is 0 Å². The van der Waals surface area contributed by atoms with Gasteiger partial charge in [-0.2, -0.15) is 0 Å². The van der Waals surface area contributed by atoms with E-state index in [4.69, 9.17) is 5.84 Å². The molecular weight excluding hydrogens is 112 g/mol. The quantitative estimate of drug-likeness (QED) is 0.399. The van der Waals surface area contributed by atoms with Crippen LogP contribution in [0.1, 0.15) is 25.7 Å². The van der Waals surface area contributed by atoms with Crippen LogP contribution in [-0.2, 0) is 0 Å². The average Bonchev–Trinajstić information content (AvgIpc) is 2.64. The van der Waals surface area contributed by atoms with E-state index in [1.54, 1.807) is 0 Å². The molecule has 0 aromatic carbocycles. The molecule has 0 aromatic heterocycles. The van der Waals surface area contributed by atoms with Gasteiger partial charge in [0.05, 0.1) is 0 Å². The molecule has 9 heavy (non-hydrogen) atoms. The number of nitrogens with two attached hydrogens (primary N) is 1. The Morgan fingerprint density at radius 1 is 1.33 bits per heavy atom. The minimum atomic E-state index is 0.656. The molecule has 52 valence electrons. The van der Waals surface area contributed by atoms with E-state index in [1.807, 2.05) is 0 Å². The van der Waals surface area contributed by atoms with Gasteiger partial charge >= 0.3 is 0 Å². The zero-order valence-electron chi connectivity index (χ0n) is 5.64. The van der Waals surface area contributed by atoms with Crippen molar-refractivity contribution >= 4 is 0 Å². The minimum absolute atomic E-state index is 0.656. The average molecular weight is 126 g/mol. The molecule has 3 unspecified atom stereocenters. The van der Waals surface area contributed by atoms with E-state index in [-0.39, 0.29) is 0 Å². The first-order chi connectivity index (χ1) is 4.42. The molecule has 2 saturated carbocycles. The minimum Gasteiger partial charge on any atom is -0.271 e. The standard InChI is InChI=1S/C7H14N2/c8-9-7-3-1-2-5-4-6(5)7/h5-7,9H,1-4,8H2. The van der Waals surface area contributed by atoms with Crippen molar-refractivity contribution in [3.63, 3.8) is 0 Å². The molecule has 0 radical (unpaired) electrons. The van der Waals surface area contributed by atoms with Crippen LogP contribution >= 0.6 is 0 Å². The SMILES string of the molecule is NNC1CCCC2CC21. The van der Waals surface area contributed by atoms with Crippen LogP contribution in [0.4, 0.5) is 0 Å². The maximum atomic E-state index is 5.37. The fourth-order valence-electron chi connectivity index (χ4n) is 2.12. The molecule has 0 bridgehead atoms. The fourth-order valence-corrected chi connectivity index (χ4v) is 2.12. The molecule has 0 aromatic rings. The van der Waals surface area contributed by atoms with Gasteiger partial charge in [-0.3, -0.25) is 11.3 Å². The molecule has 2 fully saturated rings. The molecule has 2 rings (SSSR count). The van der Waals surface area contributed by atoms with Crippen LogP contribution < -0.4 is 11.3 Å². The van der Waals surface area contributed by atoms with Crippen LogP contribution in [0, 0.1) is 11.8 Å². The summed E-state index contributed by atoms with van der Waals surface area (Å²) in [4.78, 5) is 0. The van der Waals surface area contributed by atoms with Crippen LogP contribution in [0.3, 0.4) is 0 Å². The fraction of sp³-hybridized carbons (Fsp3) is 1.00. The second-order valence-electron chi connectivity index (χ2n) is 3.36. The highest BCUT2D eigenvalue weighted by Crippen LogP contribution is 2.49. The largest absolute Gasteiger partial charge is 0.271 e. The Labute approximate surface area is 55.8 Å². The summed E-state index contributed by atoms with van der Waals surface area (Å²) in [6.07, 6.45) is 5.59. The van der Waals surface area contributed by atoms with E-state index in [0.29, 0.717) is 6.04 Å². The Balaban J connectivity index is 1.93. The monoisotopic (exact) mass is 126 g/mol. The smallest absolute Gasteiger partial charge is 0.0241 e. The van der Waals surface area contributed by atoms with Crippen LogP contribution in [0.5, 0.6) is 0 Å². The van der Waals surface area contributed by atoms with Crippen molar-refractivity contribution in [1.82, 2.24) is 5.43 Å². The third kappa shape index (κ3) is 0.864. The van der Waals surface area contributed by atoms with E-state index in [9.17, 15) is 0 Å². The number of hydrogen-bond donors (Lipinski definition) is 2.